The number of rotatable bonds is 3. The van der Waals surface area contributed by atoms with E-state index in [1.54, 1.807) is 0 Å². The number of imidazole rings is 1. The van der Waals surface area contributed by atoms with E-state index in [1.807, 2.05) is 0 Å². The maximum Gasteiger partial charge on any atom is 0.205 e. The lowest BCUT2D eigenvalue weighted by Crippen LogP contribution is -2.50. The van der Waals surface area contributed by atoms with Gasteiger partial charge in [0.05, 0.1) is 5.69 Å². The van der Waals surface area contributed by atoms with E-state index < -0.39 is 0 Å². The maximum atomic E-state index is 4.68. The zero-order chi connectivity index (χ0) is 12.4. The number of aryl methyl sites for hydroxylation is 1. The molecule has 2 rings (SSSR count). The van der Waals surface area contributed by atoms with Crippen LogP contribution in [0, 0.1) is 12.8 Å². The van der Waals surface area contributed by atoms with Crippen molar-refractivity contribution in [1.29, 1.82) is 0 Å². The molecule has 0 saturated carbocycles. The van der Waals surface area contributed by atoms with E-state index in [-0.39, 0.29) is 0 Å². The van der Waals surface area contributed by atoms with Gasteiger partial charge in [-0.3, -0.25) is 0 Å². The van der Waals surface area contributed by atoms with Gasteiger partial charge in [0, 0.05) is 38.4 Å². The van der Waals surface area contributed by atoms with E-state index in [9.17, 15) is 0 Å². The molecule has 4 nitrogen and oxygen atoms in total. The lowest BCUT2D eigenvalue weighted by Gasteiger charge is -2.33. The van der Waals surface area contributed by atoms with Crippen molar-refractivity contribution in [3.05, 3.63) is 11.9 Å². The van der Waals surface area contributed by atoms with Gasteiger partial charge in [-0.25, -0.2) is 4.98 Å². The van der Waals surface area contributed by atoms with Gasteiger partial charge in [0.1, 0.15) is 0 Å². The van der Waals surface area contributed by atoms with Crippen molar-refractivity contribution in [1.82, 2.24) is 14.9 Å². The summed E-state index contributed by atoms with van der Waals surface area (Å²) < 4.78 is 2.30. The Morgan fingerprint density at radius 1 is 1.53 bits per heavy atom. The third kappa shape index (κ3) is 3.00. The van der Waals surface area contributed by atoms with Crippen LogP contribution in [0.2, 0.25) is 0 Å². The molecule has 0 spiro atoms. The van der Waals surface area contributed by atoms with Crippen molar-refractivity contribution >= 4 is 5.95 Å². The van der Waals surface area contributed by atoms with Gasteiger partial charge in [0.2, 0.25) is 5.95 Å². The first kappa shape index (κ1) is 12.4. The van der Waals surface area contributed by atoms with Crippen LogP contribution in [0.4, 0.5) is 5.95 Å². The van der Waals surface area contributed by atoms with Gasteiger partial charge in [0.25, 0.3) is 0 Å². The van der Waals surface area contributed by atoms with Gasteiger partial charge in [-0.05, 0) is 19.8 Å². The molecular weight excluding hydrogens is 212 g/mol. The average Bonchev–Trinajstić information content (AvgIpc) is 2.58. The highest BCUT2D eigenvalue weighted by Gasteiger charge is 2.20. The second kappa shape index (κ2) is 5.08. The highest BCUT2D eigenvalue weighted by atomic mass is 15.3. The number of hydrogen-bond donors (Lipinski definition) is 1. The van der Waals surface area contributed by atoms with Crippen molar-refractivity contribution in [2.24, 2.45) is 5.92 Å². The first-order valence-corrected chi connectivity index (χ1v) is 6.58. The standard InChI is InChI=1S/C13H24N4/c1-10(2)7-17-9-12(4)15-13(17)16-6-5-14-11(3)8-16/h9-11,14H,5-8H2,1-4H3/t11-/m1/s1. The molecule has 0 aromatic carbocycles. The molecule has 2 heterocycles. The number of piperazine rings is 1. The molecule has 1 atom stereocenters. The number of nitrogens with one attached hydrogen (secondary N) is 1. The minimum Gasteiger partial charge on any atom is -0.339 e. The molecule has 0 radical (unpaired) electrons. The lowest BCUT2D eigenvalue weighted by atomic mass is 10.2. The van der Waals surface area contributed by atoms with Crippen LogP contribution < -0.4 is 10.2 Å². The molecule has 1 N–H and O–H groups in total. The minimum absolute atomic E-state index is 0.549. The maximum absolute atomic E-state index is 4.68. The first-order chi connectivity index (χ1) is 8.06. The third-order valence-corrected chi connectivity index (χ3v) is 3.09. The van der Waals surface area contributed by atoms with Crippen LogP contribution in [-0.2, 0) is 6.54 Å². The molecule has 0 bridgehead atoms. The van der Waals surface area contributed by atoms with E-state index >= 15 is 0 Å². The second-order valence-electron chi connectivity index (χ2n) is 5.53. The van der Waals surface area contributed by atoms with Gasteiger partial charge < -0.3 is 14.8 Å². The summed E-state index contributed by atoms with van der Waals surface area (Å²) in [5.41, 5.74) is 1.12. The Kier molecular flexibility index (Phi) is 3.72. The molecular formula is C13H24N4. The predicted octanol–water partition coefficient (Wildman–Crippen LogP) is 1.65. The average molecular weight is 236 g/mol. The van der Waals surface area contributed by atoms with Crippen LogP contribution in [-0.4, -0.2) is 35.2 Å². The van der Waals surface area contributed by atoms with Gasteiger partial charge >= 0.3 is 0 Å². The summed E-state index contributed by atoms with van der Waals surface area (Å²) in [6.45, 7) is 13.0. The van der Waals surface area contributed by atoms with Crippen LogP contribution in [0.1, 0.15) is 26.5 Å². The molecule has 1 aliphatic heterocycles. The number of hydrogen-bond acceptors (Lipinski definition) is 3. The van der Waals surface area contributed by atoms with Gasteiger partial charge in [-0.1, -0.05) is 13.8 Å². The largest absolute Gasteiger partial charge is 0.339 e. The molecule has 1 aromatic rings. The molecule has 17 heavy (non-hydrogen) atoms. The highest BCUT2D eigenvalue weighted by Crippen LogP contribution is 2.17. The fourth-order valence-electron chi connectivity index (χ4n) is 2.43. The molecule has 1 aromatic heterocycles. The van der Waals surface area contributed by atoms with Crippen molar-refractivity contribution < 1.29 is 0 Å². The Morgan fingerprint density at radius 3 is 2.94 bits per heavy atom. The lowest BCUT2D eigenvalue weighted by molar-refractivity contribution is 0.462. The molecule has 1 aliphatic rings. The van der Waals surface area contributed by atoms with Crippen LogP contribution >= 0.6 is 0 Å². The molecule has 4 heteroatoms. The van der Waals surface area contributed by atoms with Crippen LogP contribution in [0.3, 0.4) is 0 Å². The van der Waals surface area contributed by atoms with Crippen molar-refractivity contribution in [3.8, 4) is 0 Å². The monoisotopic (exact) mass is 236 g/mol. The minimum atomic E-state index is 0.549. The molecule has 1 saturated heterocycles. The molecule has 0 aliphatic carbocycles. The summed E-state index contributed by atoms with van der Waals surface area (Å²) in [5.74, 6) is 1.80. The Balaban J connectivity index is 2.18. The van der Waals surface area contributed by atoms with Gasteiger partial charge in [-0.2, -0.15) is 0 Å². The normalized spacial score (nSPS) is 21.2. The van der Waals surface area contributed by atoms with E-state index in [0.717, 1.165) is 37.8 Å². The molecule has 96 valence electrons. The SMILES string of the molecule is Cc1cn(CC(C)C)c(N2CCN[C@H](C)C2)n1. The Morgan fingerprint density at radius 2 is 2.29 bits per heavy atom. The summed E-state index contributed by atoms with van der Waals surface area (Å²) >= 11 is 0. The second-order valence-corrected chi connectivity index (χ2v) is 5.53. The fraction of sp³-hybridized carbons (Fsp3) is 0.769. The summed E-state index contributed by atoms with van der Waals surface area (Å²) in [4.78, 5) is 7.08. The molecule has 0 unspecified atom stereocenters. The fourth-order valence-corrected chi connectivity index (χ4v) is 2.43. The van der Waals surface area contributed by atoms with E-state index in [1.165, 1.54) is 0 Å². The smallest absolute Gasteiger partial charge is 0.205 e. The van der Waals surface area contributed by atoms with E-state index in [0.29, 0.717) is 12.0 Å². The first-order valence-electron chi connectivity index (χ1n) is 6.58. The van der Waals surface area contributed by atoms with Crippen LogP contribution in [0.25, 0.3) is 0 Å². The van der Waals surface area contributed by atoms with Gasteiger partial charge in [-0.15, -0.1) is 0 Å². The van der Waals surface area contributed by atoms with Gasteiger partial charge in [0.15, 0.2) is 0 Å². The highest BCUT2D eigenvalue weighted by molar-refractivity contribution is 5.34. The van der Waals surface area contributed by atoms with Crippen molar-refractivity contribution in [2.75, 3.05) is 24.5 Å². The zero-order valence-corrected chi connectivity index (χ0v) is 11.4. The third-order valence-electron chi connectivity index (χ3n) is 3.09. The number of nitrogens with zero attached hydrogens (tertiary/aromatic N) is 3. The van der Waals surface area contributed by atoms with E-state index in [2.05, 4.69) is 53.7 Å². The zero-order valence-electron chi connectivity index (χ0n) is 11.4. The van der Waals surface area contributed by atoms with E-state index in [4.69, 9.17) is 0 Å². The number of aromatic nitrogens is 2. The van der Waals surface area contributed by atoms with Crippen LogP contribution in [0.5, 0.6) is 0 Å². The number of anilines is 1. The van der Waals surface area contributed by atoms with Crippen molar-refractivity contribution in [3.63, 3.8) is 0 Å². The molecule has 0 amide bonds. The van der Waals surface area contributed by atoms with Crippen LogP contribution in [0.15, 0.2) is 6.20 Å². The topological polar surface area (TPSA) is 33.1 Å². The quantitative estimate of drug-likeness (QED) is 0.866. The summed E-state index contributed by atoms with van der Waals surface area (Å²) in [6, 6.07) is 0.549. The van der Waals surface area contributed by atoms with Crippen molar-refractivity contribution in [2.45, 2.75) is 40.3 Å². The predicted molar refractivity (Wildman–Crippen MR) is 71.5 cm³/mol. The Hall–Kier alpha value is -1.03. The summed E-state index contributed by atoms with van der Waals surface area (Å²) in [7, 11) is 0. The molecule has 1 fully saturated rings. The Labute approximate surface area is 104 Å². The Bertz CT molecular complexity index is 369. The summed E-state index contributed by atoms with van der Waals surface area (Å²) in [5, 5.41) is 3.47. The summed E-state index contributed by atoms with van der Waals surface area (Å²) in [6.07, 6.45) is 2.17.